The molecule has 0 spiro atoms. The Morgan fingerprint density at radius 2 is 1.78 bits per heavy atom. The number of phosphoric ester groups is 2. The van der Waals surface area contributed by atoms with Crippen molar-refractivity contribution in [2.24, 2.45) is 0 Å². The van der Waals surface area contributed by atoms with Crippen molar-refractivity contribution in [2.45, 2.75) is 74.7 Å². The predicted molar refractivity (Wildman–Crippen MR) is 214 cm³/mol. The van der Waals surface area contributed by atoms with Gasteiger partial charge in [-0.15, -0.1) is 6.58 Å². The molecule has 4 aromatic rings. The summed E-state index contributed by atoms with van der Waals surface area (Å²) in [4.78, 5) is 84.7. The maximum atomic E-state index is 13.9. The van der Waals surface area contributed by atoms with Gasteiger partial charge in [0, 0.05) is 29.0 Å². The number of nitrogens with zero attached hydrogens (tertiary/aromatic N) is 6. The molecule has 60 heavy (non-hydrogen) atoms. The molecule has 2 saturated heterocycles. The number of nitrogens with two attached hydrogens (primary N) is 2. The Labute approximate surface area is 353 Å². The van der Waals surface area contributed by atoms with Crippen molar-refractivity contribution in [3.63, 3.8) is 0 Å². The lowest BCUT2D eigenvalue weighted by molar-refractivity contribution is -0.160. The van der Waals surface area contributed by atoms with E-state index in [2.05, 4.69) is 58.9 Å². The van der Waals surface area contributed by atoms with E-state index < -0.39 is 95.4 Å². The normalized spacial score (nSPS) is 24.5. The van der Waals surface area contributed by atoms with Crippen molar-refractivity contribution < 1.29 is 66.3 Å². The molecular formula is C33H40IN9O15P2. The number of hydrogen-bond donors (Lipinski definition) is 7. The molecule has 1 aromatic carbocycles. The van der Waals surface area contributed by atoms with Crippen LogP contribution >= 0.6 is 38.2 Å². The molecule has 3 aromatic heterocycles. The molecule has 0 bridgehead atoms. The average molecular weight is 992 g/mol. The molecule has 9 atom stereocenters. The van der Waals surface area contributed by atoms with Gasteiger partial charge >= 0.3 is 27.3 Å². The number of fused-ring (bicyclic) bond motifs is 1. The minimum absolute atomic E-state index is 0.0121. The third-order valence-corrected chi connectivity index (χ3v) is 11.4. The second kappa shape index (κ2) is 19.2. The van der Waals surface area contributed by atoms with E-state index in [4.69, 9.17) is 34.7 Å². The number of hydrogen-bond acceptors (Lipinski definition) is 18. The van der Waals surface area contributed by atoms with Crippen LogP contribution in [0.1, 0.15) is 37.3 Å². The van der Waals surface area contributed by atoms with E-state index in [1.165, 1.54) is 29.2 Å². The zero-order valence-electron chi connectivity index (χ0n) is 31.2. The number of benzene rings is 1. The highest BCUT2D eigenvalue weighted by Crippen LogP contribution is 2.50. The number of nitrogen functional groups attached to an aromatic ring is 2. The number of allylic oxidation sites excluding steroid dienone is 1. The first kappa shape index (κ1) is 45.3. The molecule has 6 rings (SSSR count). The molecule has 24 nitrogen and oxygen atoms in total. The second-order valence-corrected chi connectivity index (χ2v) is 17.3. The Kier molecular flexibility index (Phi) is 14.5. The SMILES string of the molecule is C=CCCC(=O)N[C@H](Cc1ccc(I)cc1)C(=O)OC1C(COP(=O)(O)O[C@H]2C[C@H](n3ccc(N)nc3=O)O[C@@H]2COP(=O)(O)O)OC(n2cnc3c(N)ncnc32)C1O. The fraction of sp³-hybridized carbons (Fsp3) is 0.424. The monoisotopic (exact) mass is 991 g/mol. The number of imidazole rings is 1. The van der Waals surface area contributed by atoms with Crippen LogP contribution < -0.4 is 22.5 Å². The number of nitrogens with one attached hydrogen (secondary N) is 1. The van der Waals surface area contributed by atoms with Crippen LogP contribution in [0.4, 0.5) is 11.6 Å². The van der Waals surface area contributed by atoms with Gasteiger partial charge in [0.05, 0.1) is 19.5 Å². The van der Waals surface area contributed by atoms with Crippen LogP contribution in [-0.2, 0) is 52.9 Å². The van der Waals surface area contributed by atoms with Crippen molar-refractivity contribution in [2.75, 3.05) is 24.7 Å². The van der Waals surface area contributed by atoms with E-state index in [-0.39, 0.29) is 42.1 Å². The number of carbonyl (C=O) groups excluding carboxylic acids is 2. The lowest BCUT2D eigenvalue weighted by Gasteiger charge is -2.25. The number of anilines is 2. The van der Waals surface area contributed by atoms with E-state index in [1.54, 1.807) is 12.1 Å². The maximum absolute atomic E-state index is 13.9. The van der Waals surface area contributed by atoms with Crippen molar-refractivity contribution >= 4 is 72.9 Å². The quantitative estimate of drug-likeness (QED) is 0.0311. The van der Waals surface area contributed by atoms with E-state index >= 15 is 0 Å². The lowest BCUT2D eigenvalue weighted by atomic mass is 10.0. The van der Waals surface area contributed by atoms with Gasteiger partial charge in [-0.25, -0.2) is 33.7 Å². The third kappa shape index (κ3) is 11.4. The Hall–Kier alpha value is -4.24. The van der Waals surface area contributed by atoms with Crippen LogP contribution in [0.15, 0.2) is 66.6 Å². The topological polar surface area (TPSA) is 347 Å². The third-order valence-electron chi connectivity index (χ3n) is 9.19. The molecule has 9 N–H and O–H groups in total. The molecule has 2 fully saturated rings. The maximum Gasteiger partial charge on any atom is 0.472 e. The Morgan fingerprint density at radius 1 is 1.05 bits per heavy atom. The molecule has 2 aliphatic heterocycles. The van der Waals surface area contributed by atoms with Gasteiger partial charge in [0.1, 0.15) is 54.3 Å². The summed E-state index contributed by atoms with van der Waals surface area (Å²) in [6.45, 7) is 1.89. The van der Waals surface area contributed by atoms with E-state index in [0.717, 1.165) is 14.5 Å². The molecule has 1 amide bonds. The molecule has 324 valence electrons. The zero-order chi connectivity index (χ0) is 43.4. The fourth-order valence-electron chi connectivity index (χ4n) is 6.37. The van der Waals surface area contributed by atoms with Crippen molar-refractivity contribution in [1.82, 2.24) is 34.4 Å². The highest BCUT2D eigenvalue weighted by Gasteiger charge is 2.50. The molecule has 2 aliphatic rings. The van der Waals surface area contributed by atoms with Gasteiger partial charge in [-0.2, -0.15) is 4.98 Å². The van der Waals surface area contributed by atoms with Gasteiger partial charge in [0.15, 0.2) is 23.8 Å². The van der Waals surface area contributed by atoms with Crippen molar-refractivity contribution in [3.8, 4) is 0 Å². The first-order valence-corrected chi connectivity index (χ1v) is 22.0. The summed E-state index contributed by atoms with van der Waals surface area (Å²) in [5.41, 5.74) is 11.6. The number of aliphatic hydroxyl groups excluding tert-OH is 1. The van der Waals surface area contributed by atoms with Crippen LogP contribution in [0.25, 0.3) is 11.2 Å². The molecule has 0 radical (unpaired) electrons. The van der Waals surface area contributed by atoms with Crippen LogP contribution in [0.5, 0.6) is 0 Å². The summed E-state index contributed by atoms with van der Waals surface area (Å²) in [6, 6.07) is 7.16. The number of carbonyl (C=O) groups is 2. The van der Waals surface area contributed by atoms with E-state index in [9.17, 15) is 43.3 Å². The standard InChI is InChI=1S/C33H40IN9O15P2/c1-2-3-4-24(44)40-19(11-17-5-7-18(34)8-6-17)32(46)57-28-22(56-31(27(28)45)43-16-39-26-29(36)37-15-38-30(26)43)14-54-60(51,52)58-20-12-25(42-10-9-23(35)41-33(42)47)55-21(20)13-53-59(48,49)50/h2,5-10,15-16,19-22,25,27-28,31,45H,1,3-4,11-14H2,(H,40,44)(H,51,52)(H2,35,41,47)(H2,36,37,38)(H2,48,49,50)/t19-,20+,21-,22?,25-,27?,28?,31?/m1/s1. The van der Waals surface area contributed by atoms with Crippen LogP contribution in [-0.4, -0.2) is 111 Å². The van der Waals surface area contributed by atoms with Crippen molar-refractivity contribution in [3.05, 3.63) is 81.5 Å². The summed E-state index contributed by atoms with van der Waals surface area (Å²) in [5, 5.41) is 14.3. The van der Waals surface area contributed by atoms with Gasteiger partial charge in [0.2, 0.25) is 5.91 Å². The number of ether oxygens (including phenoxy) is 3. The Balaban J connectivity index is 1.24. The minimum Gasteiger partial charge on any atom is -0.455 e. The number of aliphatic hydroxyl groups is 1. The predicted octanol–water partition coefficient (Wildman–Crippen LogP) is 0.615. The Bertz CT molecular complexity index is 2350. The summed E-state index contributed by atoms with van der Waals surface area (Å²) in [5.74, 6) is -1.56. The summed E-state index contributed by atoms with van der Waals surface area (Å²) in [6.07, 6.45) is -5.23. The highest BCUT2D eigenvalue weighted by molar-refractivity contribution is 14.1. The fourth-order valence-corrected chi connectivity index (χ4v) is 8.03. The average Bonchev–Trinajstić information content (AvgIpc) is 3.88. The van der Waals surface area contributed by atoms with Gasteiger partial charge in [-0.05, 0) is 52.8 Å². The number of phosphoric acid groups is 2. The van der Waals surface area contributed by atoms with Gasteiger partial charge in [-0.1, -0.05) is 18.2 Å². The summed E-state index contributed by atoms with van der Waals surface area (Å²) >= 11 is 2.12. The largest absolute Gasteiger partial charge is 0.472 e. The van der Waals surface area contributed by atoms with Crippen LogP contribution in [0.2, 0.25) is 0 Å². The van der Waals surface area contributed by atoms with Gasteiger partial charge < -0.3 is 50.8 Å². The number of amides is 1. The number of rotatable bonds is 18. The number of aromatic nitrogens is 6. The number of esters is 1. The first-order valence-electron chi connectivity index (χ1n) is 17.9. The molecule has 5 unspecified atom stereocenters. The summed E-state index contributed by atoms with van der Waals surface area (Å²) < 4.78 is 61.1. The lowest BCUT2D eigenvalue weighted by Crippen LogP contribution is -2.47. The zero-order valence-corrected chi connectivity index (χ0v) is 35.1. The van der Waals surface area contributed by atoms with Gasteiger partial charge in [0.25, 0.3) is 0 Å². The van der Waals surface area contributed by atoms with Crippen LogP contribution in [0.3, 0.4) is 0 Å². The molecule has 0 aliphatic carbocycles. The van der Waals surface area contributed by atoms with E-state index in [0.29, 0.717) is 12.0 Å². The molecule has 5 heterocycles. The molecule has 0 saturated carbocycles. The smallest absolute Gasteiger partial charge is 0.455 e. The highest BCUT2D eigenvalue weighted by atomic mass is 127. The van der Waals surface area contributed by atoms with Gasteiger partial charge in [-0.3, -0.25) is 27.5 Å². The first-order chi connectivity index (χ1) is 28.4. The molecule has 27 heteroatoms. The molecular weight excluding hydrogens is 951 g/mol. The van der Waals surface area contributed by atoms with E-state index in [1.807, 2.05) is 12.1 Å². The van der Waals surface area contributed by atoms with Crippen LogP contribution in [0, 0.1) is 3.57 Å². The minimum atomic E-state index is -5.22. The second-order valence-electron chi connectivity index (χ2n) is 13.4. The van der Waals surface area contributed by atoms with Crippen molar-refractivity contribution in [1.29, 1.82) is 0 Å². The Morgan fingerprint density at radius 3 is 2.48 bits per heavy atom. The number of halogens is 1. The summed E-state index contributed by atoms with van der Waals surface area (Å²) in [7, 11) is -10.3.